The van der Waals surface area contributed by atoms with Crippen LogP contribution in [0.15, 0.2) is 59.8 Å². The Balaban J connectivity index is 1.42. The second-order valence-electron chi connectivity index (χ2n) is 7.75. The summed E-state index contributed by atoms with van der Waals surface area (Å²) in [4.78, 5) is 38.2. The highest BCUT2D eigenvalue weighted by atomic mass is 32.2. The van der Waals surface area contributed by atoms with E-state index in [1.807, 2.05) is 51.2 Å². The summed E-state index contributed by atoms with van der Waals surface area (Å²) in [6, 6.07) is 16.3. The van der Waals surface area contributed by atoms with Crippen LogP contribution < -0.4 is 10.7 Å². The van der Waals surface area contributed by atoms with Crippen LogP contribution in [0.3, 0.4) is 0 Å². The van der Waals surface area contributed by atoms with Gasteiger partial charge in [-0.2, -0.15) is 5.01 Å². The van der Waals surface area contributed by atoms with Crippen LogP contribution in [0.2, 0.25) is 0 Å². The van der Waals surface area contributed by atoms with E-state index < -0.39 is 23.4 Å². The standard InChI is InChI=1S/C23H24N6O3S/c1-4-23(17-8-6-5-7-9-17)20(31)29(21(32)24-23)27-18(30)14-33-22-26-25-19(28(22)3)16-12-10-15(2)11-13-16/h5-13H,4,14H2,1-3H3,(H,24,32)(H,27,30). The molecule has 33 heavy (non-hydrogen) atoms. The van der Waals surface area contributed by atoms with Gasteiger partial charge >= 0.3 is 6.03 Å². The zero-order valence-electron chi connectivity index (χ0n) is 18.5. The van der Waals surface area contributed by atoms with E-state index in [0.717, 1.165) is 16.1 Å². The Morgan fingerprint density at radius 2 is 1.79 bits per heavy atom. The number of urea groups is 1. The third-order valence-electron chi connectivity index (χ3n) is 5.60. The molecule has 1 unspecified atom stereocenters. The number of aromatic nitrogens is 3. The van der Waals surface area contributed by atoms with Gasteiger partial charge in [0, 0.05) is 12.6 Å². The minimum absolute atomic E-state index is 0.0403. The molecular weight excluding hydrogens is 440 g/mol. The molecule has 2 N–H and O–H groups in total. The summed E-state index contributed by atoms with van der Waals surface area (Å²) in [6.45, 7) is 3.82. The van der Waals surface area contributed by atoms with Crippen LogP contribution in [0.1, 0.15) is 24.5 Å². The first kappa shape index (κ1) is 22.5. The fraction of sp³-hybridized carbons (Fsp3) is 0.261. The Hall–Kier alpha value is -3.66. The molecule has 0 aliphatic carbocycles. The van der Waals surface area contributed by atoms with Gasteiger partial charge in [0.15, 0.2) is 11.0 Å². The lowest BCUT2D eigenvalue weighted by molar-refractivity contribution is -0.138. The number of thioether (sulfide) groups is 1. The highest BCUT2D eigenvalue weighted by Gasteiger charge is 2.52. The van der Waals surface area contributed by atoms with Gasteiger partial charge in [0.2, 0.25) is 5.91 Å². The Labute approximate surface area is 195 Å². The quantitative estimate of drug-likeness (QED) is 0.411. The van der Waals surface area contributed by atoms with Gasteiger partial charge in [-0.3, -0.25) is 15.0 Å². The lowest BCUT2D eigenvalue weighted by Crippen LogP contribution is -2.49. The second kappa shape index (κ2) is 9.07. The number of carbonyl (C=O) groups is 3. The first-order valence-corrected chi connectivity index (χ1v) is 11.4. The molecule has 1 aromatic heterocycles. The van der Waals surface area contributed by atoms with Crippen LogP contribution >= 0.6 is 11.8 Å². The molecule has 4 amide bonds. The van der Waals surface area contributed by atoms with Crippen molar-refractivity contribution >= 4 is 29.6 Å². The van der Waals surface area contributed by atoms with Crippen LogP contribution in [-0.4, -0.2) is 43.4 Å². The van der Waals surface area contributed by atoms with Crippen LogP contribution in [0, 0.1) is 6.92 Å². The molecule has 2 aromatic carbocycles. The van der Waals surface area contributed by atoms with E-state index in [1.165, 1.54) is 11.8 Å². The molecule has 0 bridgehead atoms. The van der Waals surface area contributed by atoms with Gasteiger partial charge in [0.05, 0.1) is 5.75 Å². The number of nitrogens with zero attached hydrogens (tertiary/aromatic N) is 4. The van der Waals surface area contributed by atoms with Gasteiger partial charge in [-0.1, -0.05) is 78.8 Å². The lowest BCUT2D eigenvalue weighted by atomic mass is 9.87. The zero-order chi connectivity index (χ0) is 23.6. The fourth-order valence-electron chi connectivity index (χ4n) is 3.72. The largest absolute Gasteiger partial charge is 0.344 e. The Morgan fingerprint density at radius 1 is 1.09 bits per heavy atom. The van der Waals surface area contributed by atoms with Crippen LogP contribution in [0.25, 0.3) is 11.4 Å². The molecule has 4 rings (SSSR count). The van der Waals surface area contributed by atoms with Gasteiger partial charge < -0.3 is 9.88 Å². The third-order valence-corrected chi connectivity index (χ3v) is 6.62. The highest BCUT2D eigenvalue weighted by molar-refractivity contribution is 7.99. The summed E-state index contributed by atoms with van der Waals surface area (Å²) in [5.74, 6) is -0.368. The van der Waals surface area contributed by atoms with Crippen molar-refractivity contribution in [1.29, 1.82) is 0 Å². The van der Waals surface area contributed by atoms with Crippen molar-refractivity contribution in [3.63, 3.8) is 0 Å². The van der Waals surface area contributed by atoms with E-state index in [2.05, 4.69) is 20.9 Å². The molecule has 1 atom stereocenters. The number of amides is 4. The van der Waals surface area contributed by atoms with Gasteiger partial charge in [0.25, 0.3) is 5.91 Å². The minimum atomic E-state index is -1.20. The molecular formula is C23H24N6O3S. The summed E-state index contributed by atoms with van der Waals surface area (Å²) in [5, 5.41) is 12.4. The second-order valence-corrected chi connectivity index (χ2v) is 8.69. The molecule has 0 saturated carbocycles. The molecule has 0 radical (unpaired) electrons. The van der Waals surface area contributed by atoms with E-state index in [4.69, 9.17) is 0 Å². The molecule has 0 spiro atoms. The van der Waals surface area contributed by atoms with E-state index >= 15 is 0 Å². The number of hydrazine groups is 1. The van der Waals surface area contributed by atoms with Crippen LogP contribution in [0.4, 0.5) is 4.79 Å². The first-order chi connectivity index (χ1) is 15.9. The summed E-state index contributed by atoms with van der Waals surface area (Å²) in [5.41, 5.74) is 3.95. The summed E-state index contributed by atoms with van der Waals surface area (Å²) in [7, 11) is 1.82. The molecule has 2 heterocycles. The van der Waals surface area contributed by atoms with E-state index in [-0.39, 0.29) is 5.75 Å². The van der Waals surface area contributed by atoms with E-state index in [0.29, 0.717) is 23.0 Å². The van der Waals surface area contributed by atoms with Gasteiger partial charge in [-0.15, -0.1) is 10.2 Å². The normalized spacial score (nSPS) is 17.8. The molecule has 3 aromatic rings. The molecule has 1 aliphatic heterocycles. The van der Waals surface area contributed by atoms with Crippen LogP contribution in [-0.2, 0) is 22.2 Å². The molecule has 1 aliphatic rings. The zero-order valence-corrected chi connectivity index (χ0v) is 19.3. The van der Waals surface area contributed by atoms with Crippen molar-refractivity contribution in [2.75, 3.05) is 5.75 Å². The van der Waals surface area contributed by atoms with Crippen LogP contribution in [0.5, 0.6) is 0 Å². The Bertz CT molecular complexity index is 1190. The van der Waals surface area contributed by atoms with E-state index in [1.54, 1.807) is 28.8 Å². The number of aryl methyl sites for hydroxylation is 1. The maximum absolute atomic E-state index is 13.1. The number of imide groups is 1. The van der Waals surface area contributed by atoms with Gasteiger partial charge in [-0.05, 0) is 18.9 Å². The van der Waals surface area contributed by atoms with Crippen molar-refractivity contribution < 1.29 is 14.4 Å². The molecule has 10 heteroatoms. The maximum Gasteiger partial charge on any atom is 0.344 e. The van der Waals surface area contributed by atoms with Crippen molar-refractivity contribution in [2.24, 2.45) is 7.05 Å². The minimum Gasteiger partial charge on any atom is -0.318 e. The average molecular weight is 465 g/mol. The fourth-order valence-corrected chi connectivity index (χ4v) is 4.42. The summed E-state index contributed by atoms with van der Waals surface area (Å²) >= 11 is 1.17. The lowest BCUT2D eigenvalue weighted by Gasteiger charge is -2.25. The van der Waals surface area contributed by atoms with Gasteiger partial charge in [0.1, 0.15) is 5.54 Å². The first-order valence-electron chi connectivity index (χ1n) is 10.5. The summed E-state index contributed by atoms with van der Waals surface area (Å²) in [6.07, 6.45) is 0.351. The SMILES string of the molecule is CCC1(c2ccccc2)NC(=O)N(NC(=O)CSc2nnc(-c3ccc(C)cc3)n2C)C1=O. The number of benzene rings is 2. The van der Waals surface area contributed by atoms with Crippen molar-refractivity contribution in [3.8, 4) is 11.4 Å². The topological polar surface area (TPSA) is 109 Å². The molecule has 9 nitrogen and oxygen atoms in total. The van der Waals surface area contributed by atoms with Gasteiger partial charge in [-0.25, -0.2) is 4.79 Å². The average Bonchev–Trinajstić information content (AvgIpc) is 3.31. The highest BCUT2D eigenvalue weighted by Crippen LogP contribution is 2.31. The monoisotopic (exact) mass is 464 g/mol. The van der Waals surface area contributed by atoms with Crippen molar-refractivity contribution in [2.45, 2.75) is 31.0 Å². The predicted molar refractivity (Wildman–Crippen MR) is 124 cm³/mol. The number of rotatable bonds is 7. The molecule has 1 saturated heterocycles. The Kier molecular flexibility index (Phi) is 6.19. The van der Waals surface area contributed by atoms with E-state index in [9.17, 15) is 14.4 Å². The predicted octanol–water partition coefficient (Wildman–Crippen LogP) is 2.77. The molecule has 1 fully saturated rings. The Morgan fingerprint density at radius 3 is 2.45 bits per heavy atom. The van der Waals surface area contributed by atoms with Crippen molar-refractivity contribution in [3.05, 3.63) is 65.7 Å². The van der Waals surface area contributed by atoms with Crippen molar-refractivity contribution in [1.82, 2.24) is 30.5 Å². The summed E-state index contributed by atoms with van der Waals surface area (Å²) < 4.78 is 1.80. The number of hydrogen-bond donors (Lipinski definition) is 2. The smallest absolute Gasteiger partial charge is 0.318 e. The number of carbonyl (C=O) groups excluding carboxylic acids is 3. The molecule has 170 valence electrons. The third kappa shape index (κ3) is 4.21. The number of nitrogens with one attached hydrogen (secondary N) is 2. The maximum atomic E-state index is 13.1. The number of hydrogen-bond acceptors (Lipinski definition) is 6.